The van der Waals surface area contributed by atoms with Crippen molar-refractivity contribution in [2.75, 3.05) is 7.11 Å². The Kier molecular flexibility index (Phi) is 4.08. The summed E-state index contributed by atoms with van der Waals surface area (Å²) < 4.78 is 4.83. The fourth-order valence-electron chi connectivity index (χ4n) is 1.93. The van der Waals surface area contributed by atoms with E-state index in [0.29, 0.717) is 12.1 Å². The molecule has 0 fully saturated rings. The van der Waals surface area contributed by atoms with E-state index in [0.717, 1.165) is 20.5 Å². The highest BCUT2D eigenvalue weighted by Gasteiger charge is 2.20. The second-order valence-electron chi connectivity index (χ2n) is 4.28. The van der Waals surface area contributed by atoms with E-state index in [1.807, 2.05) is 35.7 Å². The van der Waals surface area contributed by atoms with Gasteiger partial charge in [-0.3, -0.25) is 0 Å². The van der Waals surface area contributed by atoms with Crippen molar-refractivity contribution >= 4 is 28.6 Å². The molecular weight excluding hydrogens is 304 g/mol. The Hall–Kier alpha value is -2.05. The van der Waals surface area contributed by atoms with Gasteiger partial charge in [-0.05, 0) is 5.56 Å². The molecule has 0 radical (unpaired) electrons. The predicted octanol–water partition coefficient (Wildman–Crippen LogP) is 3.64. The molecule has 0 saturated heterocycles. The summed E-state index contributed by atoms with van der Waals surface area (Å²) in [4.78, 5) is 21.5. The fourth-order valence-corrected chi connectivity index (χ4v) is 3.69. The Morgan fingerprint density at radius 3 is 2.71 bits per heavy atom. The third-order valence-electron chi connectivity index (χ3n) is 2.90. The van der Waals surface area contributed by atoms with Gasteiger partial charge in [0.1, 0.15) is 0 Å². The third kappa shape index (κ3) is 3.01. The molecule has 0 bridgehead atoms. The number of esters is 1. The summed E-state index contributed by atoms with van der Waals surface area (Å²) in [6.07, 6.45) is 2.39. The molecule has 106 valence electrons. The van der Waals surface area contributed by atoms with E-state index in [9.17, 15) is 4.79 Å². The van der Waals surface area contributed by atoms with Crippen molar-refractivity contribution in [3.63, 3.8) is 0 Å². The maximum atomic E-state index is 11.9. The van der Waals surface area contributed by atoms with Gasteiger partial charge >= 0.3 is 5.97 Å². The van der Waals surface area contributed by atoms with Crippen molar-refractivity contribution in [2.45, 2.75) is 6.42 Å². The van der Waals surface area contributed by atoms with Gasteiger partial charge < -0.3 is 4.74 Å². The molecule has 0 atom stereocenters. The second-order valence-corrected chi connectivity index (χ2v) is 6.26. The molecule has 21 heavy (non-hydrogen) atoms. The van der Waals surface area contributed by atoms with Crippen LogP contribution in [-0.4, -0.2) is 23.0 Å². The molecule has 0 spiro atoms. The number of methoxy groups -OCH3 is 1. The normalized spacial score (nSPS) is 10.5. The van der Waals surface area contributed by atoms with Gasteiger partial charge in [0.2, 0.25) is 0 Å². The lowest BCUT2D eigenvalue weighted by molar-refractivity contribution is 0.0594. The molecule has 0 aliphatic rings. The summed E-state index contributed by atoms with van der Waals surface area (Å²) in [5.41, 5.74) is 1.52. The smallest absolute Gasteiger partial charge is 0.357 e. The Bertz CT molecular complexity index is 736. The number of nitrogens with zero attached hydrogens (tertiary/aromatic N) is 2. The van der Waals surface area contributed by atoms with Gasteiger partial charge in [-0.25, -0.2) is 14.8 Å². The van der Waals surface area contributed by atoms with Gasteiger partial charge in [-0.15, -0.1) is 22.7 Å². The van der Waals surface area contributed by atoms with Gasteiger partial charge in [-0.1, -0.05) is 30.3 Å². The van der Waals surface area contributed by atoms with Crippen LogP contribution in [0.25, 0.3) is 10.0 Å². The van der Waals surface area contributed by atoms with E-state index in [-0.39, 0.29) is 0 Å². The molecule has 4 nitrogen and oxygen atoms in total. The van der Waals surface area contributed by atoms with Crippen LogP contribution < -0.4 is 0 Å². The maximum absolute atomic E-state index is 11.9. The van der Waals surface area contributed by atoms with Gasteiger partial charge in [0.15, 0.2) is 15.7 Å². The van der Waals surface area contributed by atoms with Crippen molar-refractivity contribution in [1.82, 2.24) is 9.97 Å². The van der Waals surface area contributed by atoms with Gasteiger partial charge in [-0.2, -0.15) is 0 Å². The first kappa shape index (κ1) is 13.9. The molecule has 2 aromatic heterocycles. The molecule has 2 heterocycles. The molecule has 0 N–H and O–H groups in total. The van der Waals surface area contributed by atoms with Crippen LogP contribution in [-0.2, 0) is 11.2 Å². The van der Waals surface area contributed by atoms with E-state index < -0.39 is 5.97 Å². The third-order valence-corrected chi connectivity index (χ3v) is 4.87. The largest absolute Gasteiger partial charge is 0.464 e. The van der Waals surface area contributed by atoms with Crippen molar-refractivity contribution in [3.05, 3.63) is 58.0 Å². The molecule has 0 aliphatic carbocycles. The predicted molar refractivity (Wildman–Crippen MR) is 83.8 cm³/mol. The Morgan fingerprint density at radius 1 is 1.24 bits per heavy atom. The van der Waals surface area contributed by atoms with Gasteiger partial charge in [0.05, 0.1) is 7.11 Å². The zero-order valence-electron chi connectivity index (χ0n) is 11.3. The number of hydrogen-bond donors (Lipinski definition) is 0. The quantitative estimate of drug-likeness (QED) is 0.690. The molecule has 3 aromatic rings. The molecule has 3 rings (SSSR count). The number of hydrogen-bond acceptors (Lipinski definition) is 6. The Morgan fingerprint density at radius 2 is 2.05 bits per heavy atom. The van der Waals surface area contributed by atoms with Crippen molar-refractivity contribution in [1.29, 1.82) is 0 Å². The molecule has 0 aliphatic heterocycles. The monoisotopic (exact) mass is 316 g/mol. The SMILES string of the molecule is COC(=O)c1nc(-c2nccs2)sc1Cc1ccccc1. The summed E-state index contributed by atoms with van der Waals surface area (Å²) in [6, 6.07) is 10.00. The Balaban J connectivity index is 1.99. The van der Waals surface area contributed by atoms with Crippen LogP contribution in [0.4, 0.5) is 0 Å². The minimum atomic E-state index is -0.403. The van der Waals surface area contributed by atoms with Crippen LogP contribution in [0.2, 0.25) is 0 Å². The number of carbonyl (C=O) groups excluding carboxylic acids is 1. The van der Waals surface area contributed by atoms with Crippen LogP contribution in [0.15, 0.2) is 41.9 Å². The summed E-state index contributed by atoms with van der Waals surface area (Å²) in [7, 11) is 1.37. The first-order chi connectivity index (χ1) is 10.3. The van der Waals surface area contributed by atoms with Crippen molar-refractivity contribution in [2.24, 2.45) is 0 Å². The van der Waals surface area contributed by atoms with Gasteiger partial charge in [0.25, 0.3) is 0 Å². The molecule has 0 amide bonds. The van der Waals surface area contributed by atoms with Crippen molar-refractivity contribution in [3.8, 4) is 10.0 Å². The zero-order chi connectivity index (χ0) is 14.7. The van der Waals surface area contributed by atoms with E-state index in [1.54, 1.807) is 6.20 Å². The average Bonchev–Trinajstić information content (AvgIpc) is 3.16. The lowest BCUT2D eigenvalue weighted by atomic mass is 10.1. The van der Waals surface area contributed by atoms with Crippen LogP contribution in [0.5, 0.6) is 0 Å². The minimum Gasteiger partial charge on any atom is -0.464 e. The number of thiazole rings is 2. The number of aromatic nitrogens is 2. The van der Waals surface area contributed by atoms with E-state index >= 15 is 0 Å². The molecule has 1 aromatic carbocycles. The topological polar surface area (TPSA) is 52.1 Å². The molecule has 0 saturated carbocycles. The van der Waals surface area contributed by atoms with E-state index in [4.69, 9.17) is 4.74 Å². The molecular formula is C15H12N2O2S2. The van der Waals surface area contributed by atoms with E-state index in [1.165, 1.54) is 29.8 Å². The number of benzene rings is 1. The van der Waals surface area contributed by atoms with Gasteiger partial charge in [0, 0.05) is 22.9 Å². The highest BCUT2D eigenvalue weighted by Crippen LogP contribution is 2.31. The summed E-state index contributed by atoms with van der Waals surface area (Å²) in [5.74, 6) is -0.403. The molecule has 6 heteroatoms. The van der Waals surface area contributed by atoms with E-state index in [2.05, 4.69) is 9.97 Å². The van der Waals surface area contributed by atoms with Crippen LogP contribution in [0.1, 0.15) is 20.9 Å². The second kappa shape index (κ2) is 6.15. The first-order valence-electron chi connectivity index (χ1n) is 6.29. The number of ether oxygens (including phenoxy) is 1. The first-order valence-corrected chi connectivity index (χ1v) is 7.99. The highest BCUT2D eigenvalue weighted by atomic mass is 32.1. The lowest BCUT2D eigenvalue weighted by Crippen LogP contribution is -2.05. The minimum absolute atomic E-state index is 0.386. The van der Waals surface area contributed by atoms with Crippen LogP contribution in [0.3, 0.4) is 0 Å². The van der Waals surface area contributed by atoms with Crippen LogP contribution in [0, 0.1) is 0 Å². The lowest BCUT2D eigenvalue weighted by Gasteiger charge is -2.00. The summed E-state index contributed by atoms with van der Waals surface area (Å²) >= 11 is 3.00. The maximum Gasteiger partial charge on any atom is 0.357 e. The van der Waals surface area contributed by atoms with Crippen molar-refractivity contribution < 1.29 is 9.53 Å². The zero-order valence-corrected chi connectivity index (χ0v) is 12.9. The van der Waals surface area contributed by atoms with Crippen LogP contribution >= 0.6 is 22.7 Å². The standard InChI is InChI=1S/C15H12N2O2S2/c1-19-15(18)12-11(9-10-5-3-2-4-6-10)21-14(17-12)13-16-7-8-20-13/h2-8H,9H2,1H3. The fraction of sp³-hybridized carbons (Fsp3) is 0.133. The number of rotatable bonds is 4. The summed E-state index contributed by atoms with van der Waals surface area (Å²) in [6.45, 7) is 0. The highest BCUT2D eigenvalue weighted by molar-refractivity contribution is 7.20. The Labute approximate surface area is 130 Å². The number of carbonyl (C=O) groups is 1. The average molecular weight is 316 g/mol. The molecule has 0 unspecified atom stereocenters. The summed E-state index contributed by atoms with van der Waals surface area (Å²) in [5, 5.41) is 3.48.